The summed E-state index contributed by atoms with van der Waals surface area (Å²) in [5.41, 5.74) is 1.84. The maximum absolute atomic E-state index is 11.0. The zero-order valence-corrected chi connectivity index (χ0v) is 11.6. The summed E-state index contributed by atoms with van der Waals surface area (Å²) in [6.45, 7) is 0.414. The maximum Gasteiger partial charge on any atom is 0.311 e. The van der Waals surface area contributed by atoms with Gasteiger partial charge in [0, 0.05) is 18.4 Å². The number of hydrogen-bond donors (Lipinski definition) is 0. The van der Waals surface area contributed by atoms with Gasteiger partial charge in [0.05, 0.1) is 11.5 Å². The highest BCUT2D eigenvalue weighted by Crippen LogP contribution is 2.28. The summed E-state index contributed by atoms with van der Waals surface area (Å²) in [6, 6.07) is 6.80. The quantitative estimate of drug-likeness (QED) is 0.460. The third-order valence-electron chi connectivity index (χ3n) is 2.60. The van der Waals surface area contributed by atoms with E-state index in [1.54, 1.807) is 23.5 Å². The van der Waals surface area contributed by atoms with Gasteiger partial charge < -0.3 is 4.74 Å². The Morgan fingerprint density at radius 2 is 2.16 bits per heavy atom. The summed E-state index contributed by atoms with van der Waals surface area (Å²) < 4.78 is 5.49. The molecule has 2 aromatic rings. The van der Waals surface area contributed by atoms with Crippen molar-refractivity contribution < 1.29 is 9.66 Å². The third kappa shape index (κ3) is 3.68. The van der Waals surface area contributed by atoms with Gasteiger partial charge in [0.15, 0.2) is 5.75 Å². The van der Waals surface area contributed by atoms with Gasteiger partial charge in [-0.05, 0) is 34.0 Å². The normalized spacial score (nSPS) is 10.4. The van der Waals surface area contributed by atoms with E-state index >= 15 is 0 Å². The first-order chi connectivity index (χ1) is 9.20. The van der Waals surface area contributed by atoms with Crippen LogP contribution in [0.25, 0.3) is 0 Å². The molecule has 1 heterocycles. The number of halogens is 1. The molecule has 0 aliphatic heterocycles. The average Bonchev–Trinajstić information content (AvgIpc) is 2.92. The van der Waals surface area contributed by atoms with Crippen LogP contribution in [0.5, 0.6) is 5.75 Å². The molecule has 0 saturated heterocycles. The van der Waals surface area contributed by atoms with Crippen LogP contribution in [0.4, 0.5) is 5.69 Å². The molecule has 0 N–H and O–H groups in total. The van der Waals surface area contributed by atoms with Crippen molar-refractivity contribution in [2.75, 3.05) is 6.61 Å². The van der Waals surface area contributed by atoms with E-state index in [2.05, 4.69) is 0 Å². The molecule has 1 aromatic carbocycles. The molecular weight excluding hydrogens is 286 g/mol. The smallest absolute Gasteiger partial charge is 0.311 e. The number of benzene rings is 1. The largest absolute Gasteiger partial charge is 0.486 e. The molecular formula is C13H12ClNO3S. The fraction of sp³-hybridized carbons (Fsp3) is 0.231. The van der Waals surface area contributed by atoms with Crippen LogP contribution >= 0.6 is 22.9 Å². The number of ether oxygens (including phenoxy) is 1. The molecule has 100 valence electrons. The van der Waals surface area contributed by atoms with Crippen molar-refractivity contribution >= 4 is 28.6 Å². The lowest BCUT2D eigenvalue weighted by Crippen LogP contribution is -2.03. The molecule has 4 nitrogen and oxygen atoms in total. The number of rotatable bonds is 6. The first-order valence-corrected chi connectivity index (χ1v) is 7.15. The van der Waals surface area contributed by atoms with E-state index in [-0.39, 0.29) is 17.3 Å². The van der Waals surface area contributed by atoms with Crippen molar-refractivity contribution in [2.24, 2.45) is 0 Å². The van der Waals surface area contributed by atoms with Crippen LogP contribution in [0.15, 0.2) is 35.0 Å². The third-order valence-corrected chi connectivity index (χ3v) is 3.64. The molecule has 19 heavy (non-hydrogen) atoms. The molecule has 0 atom stereocenters. The lowest BCUT2D eigenvalue weighted by molar-refractivity contribution is -0.385. The van der Waals surface area contributed by atoms with Gasteiger partial charge in [0.1, 0.15) is 0 Å². The van der Waals surface area contributed by atoms with Crippen LogP contribution in [0.1, 0.15) is 11.1 Å². The summed E-state index contributed by atoms with van der Waals surface area (Å²) in [7, 11) is 0. The molecule has 2 rings (SSSR count). The summed E-state index contributed by atoms with van der Waals surface area (Å²) >= 11 is 7.29. The molecule has 0 fully saturated rings. The van der Waals surface area contributed by atoms with Crippen LogP contribution in [-0.2, 0) is 12.3 Å². The Morgan fingerprint density at radius 1 is 1.32 bits per heavy atom. The zero-order chi connectivity index (χ0) is 13.7. The minimum Gasteiger partial charge on any atom is -0.486 e. The fourth-order valence-corrected chi connectivity index (χ4v) is 2.49. The molecule has 0 radical (unpaired) electrons. The van der Waals surface area contributed by atoms with Gasteiger partial charge in [0.2, 0.25) is 0 Å². The van der Waals surface area contributed by atoms with E-state index in [1.807, 2.05) is 16.8 Å². The highest BCUT2D eigenvalue weighted by molar-refractivity contribution is 7.07. The molecule has 0 bridgehead atoms. The van der Waals surface area contributed by atoms with Crippen molar-refractivity contribution in [2.45, 2.75) is 12.3 Å². The maximum atomic E-state index is 11.0. The van der Waals surface area contributed by atoms with Gasteiger partial charge in [-0.2, -0.15) is 11.3 Å². The lowest BCUT2D eigenvalue weighted by atomic mass is 10.2. The van der Waals surface area contributed by atoms with Crippen molar-refractivity contribution in [1.29, 1.82) is 0 Å². The van der Waals surface area contributed by atoms with Gasteiger partial charge in [-0.1, -0.05) is 6.07 Å². The predicted octanol–water partition coefficient (Wildman–Crippen LogP) is 4.02. The van der Waals surface area contributed by atoms with E-state index in [0.29, 0.717) is 12.2 Å². The minimum atomic E-state index is -0.448. The molecule has 0 aliphatic rings. The van der Waals surface area contributed by atoms with E-state index in [4.69, 9.17) is 16.3 Å². The van der Waals surface area contributed by atoms with Crippen LogP contribution in [0.3, 0.4) is 0 Å². The van der Waals surface area contributed by atoms with E-state index in [1.165, 1.54) is 11.6 Å². The van der Waals surface area contributed by atoms with Gasteiger partial charge in [-0.15, -0.1) is 11.6 Å². The molecule has 0 amide bonds. The molecule has 1 aromatic heterocycles. The lowest BCUT2D eigenvalue weighted by Gasteiger charge is -2.07. The molecule has 0 saturated carbocycles. The number of nitro benzene ring substituents is 1. The Labute approximate surface area is 119 Å². The first kappa shape index (κ1) is 13.8. The summed E-state index contributed by atoms with van der Waals surface area (Å²) in [5.74, 6) is 0.532. The van der Waals surface area contributed by atoms with Crippen LogP contribution in [0, 0.1) is 10.1 Å². The summed E-state index contributed by atoms with van der Waals surface area (Å²) in [6.07, 6.45) is 0.734. The second-order valence-electron chi connectivity index (χ2n) is 3.92. The number of nitrogens with zero attached hydrogens (tertiary/aromatic N) is 1. The van der Waals surface area contributed by atoms with Gasteiger partial charge in [-0.25, -0.2) is 0 Å². The standard InChI is InChI=1S/C13H12ClNO3S/c14-8-11-1-2-13(12(7-11)15(16)17)18-5-3-10-4-6-19-9-10/h1-2,4,6-7,9H,3,5,8H2. The van der Waals surface area contributed by atoms with Crippen molar-refractivity contribution in [3.05, 3.63) is 56.3 Å². The summed E-state index contributed by atoms with van der Waals surface area (Å²) in [5, 5.41) is 15.0. The number of alkyl halides is 1. The van der Waals surface area contributed by atoms with Gasteiger partial charge in [-0.3, -0.25) is 10.1 Å². The Morgan fingerprint density at radius 3 is 2.79 bits per heavy atom. The predicted molar refractivity (Wildman–Crippen MR) is 76.2 cm³/mol. The highest BCUT2D eigenvalue weighted by Gasteiger charge is 2.15. The second kappa shape index (κ2) is 6.54. The highest BCUT2D eigenvalue weighted by atomic mass is 35.5. The number of thiophene rings is 1. The molecule has 6 heteroatoms. The van der Waals surface area contributed by atoms with Crippen molar-refractivity contribution in [3.8, 4) is 5.75 Å². The topological polar surface area (TPSA) is 52.4 Å². The van der Waals surface area contributed by atoms with Gasteiger partial charge in [0.25, 0.3) is 0 Å². The Bertz CT molecular complexity index is 557. The van der Waals surface area contributed by atoms with Crippen molar-refractivity contribution in [3.63, 3.8) is 0 Å². The van der Waals surface area contributed by atoms with Crippen LogP contribution in [-0.4, -0.2) is 11.5 Å². The van der Waals surface area contributed by atoms with Crippen LogP contribution in [0.2, 0.25) is 0 Å². The number of nitro groups is 1. The average molecular weight is 298 g/mol. The SMILES string of the molecule is O=[N+]([O-])c1cc(CCl)ccc1OCCc1ccsc1. The Kier molecular flexibility index (Phi) is 4.76. The van der Waals surface area contributed by atoms with E-state index in [9.17, 15) is 10.1 Å². The van der Waals surface area contributed by atoms with Crippen LogP contribution < -0.4 is 4.74 Å². The van der Waals surface area contributed by atoms with E-state index < -0.39 is 4.92 Å². The number of hydrogen-bond acceptors (Lipinski definition) is 4. The molecule has 0 spiro atoms. The molecule has 0 unspecified atom stereocenters. The zero-order valence-electron chi connectivity index (χ0n) is 10.0. The van der Waals surface area contributed by atoms with Crippen molar-refractivity contribution in [1.82, 2.24) is 0 Å². The monoisotopic (exact) mass is 297 g/mol. The minimum absolute atomic E-state index is 0.0385. The second-order valence-corrected chi connectivity index (χ2v) is 4.97. The Balaban J connectivity index is 2.04. The first-order valence-electron chi connectivity index (χ1n) is 5.68. The fourth-order valence-electron chi connectivity index (χ4n) is 1.62. The summed E-state index contributed by atoms with van der Waals surface area (Å²) in [4.78, 5) is 10.5. The Hall–Kier alpha value is -1.59. The molecule has 0 aliphatic carbocycles. The van der Waals surface area contributed by atoms with E-state index in [0.717, 1.165) is 6.42 Å². The van der Waals surface area contributed by atoms with Gasteiger partial charge >= 0.3 is 5.69 Å².